The van der Waals surface area contributed by atoms with Crippen LogP contribution in [-0.2, 0) is 12.0 Å². The molecule has 1 fully saturated rings. The van der Waals surface area contributed by atoms with Gasteiger partial charge in [0.25, 0.3) is 0 Å². The Labute approximate surface area is 90.8 Å². The maximum absolute atomic E-state index is 5.75. The Morgan fingerprint density at radius 1 is 1.47 bits per heavy atom. The van der Waals surface area contributed by atoms with Crippen LogP contribution in [-0.4, -0.2) is 21.5 Å². The van der Waals surface area contributed by atoms with Crippen molar-refractivity contribution in [2.75, 3.05) is 6.54 Å². The molecular weight excluding hydrogens is 188 g/mol. The first-order valence-electron chi connectivity index (χ1n) is 5.56. The Hall–Kier alpha value is -0.900. The van der Waals surface area contributed by atoms with E-state index in [9.17, 15) is 0 Å². The third-order valence-electron chi connectivity index (χ3n) is 3.19. The molecule has 1 aliphatic carbocycles. The van der Waals surface area contributed by atoms with Crippen LogP contribution >= 0.6 is 0 Å². The van der Waals surface area contributed by atoms with Gasteiger partial charge in [-0.05, 0) is 19.4 Å². The SMILES string of the molecule is CC(C)(C)c1cn(CC2(CN)CC2)nn1. The van der Waals surface area contributed by atoms with Gasteiger partial charge < -0.3 is 5.73 Å². The molecule has 4 heteroatoms. The summed E-state index contributed by atoms with van der Waals surface area (Å²) in [6, 6.07) is 0. The van der Waals surface area contributed by atoms with E-state index in [1.165, 1.54) is 12.8 Å². The van der Waals surface area contributed by atoms with Crippen LogP contribution in [0.25, 0.3) is 0 Å². The summed E-state index contributed by atoms with van der Waals surface area (Å²) in [6.45, 7) is 8.13. The minimum absolute atomic E-state index is 0.0810. The van der Waals surface area contributed by atoms with Gasteiger partial charge in [-0.25, -0.2) is 0 Å². The fraction of sp³-hybridized carbons (Fsp3) is 0.818. The van der Waals surface area contributed by atoms with E-state index in [0.29, 0.717) is 5.41 Å². The Morgan fingerprint density at radius 2 is 2.13 bits per heavy atom. The molecule has 0 radical (unpaired) electrons. The van der Waals surface area contributed by atoms with E-state index in [2.05, 4.69) is 37.3 Å². The molecule has 2 rings (SSSR count). The lowest BCUT2D eigenvalue weighted by Gasteiger charge is -2.14. The van der Waals surface area contributed by atoms with E-state index in [-0.39, 0.29) is 5.41 Å². The van der Waals surface area contributed by atoms with Gasteiger partial charge in [-0.15, -0.1) is 5.10 Å². The third kappa shape index (κ3) is 2.20. The second-order valence-electron chi connectivity index (χ2n) is 5.76. The molecule has 0 aliphatic heterocycles. The Kier molecular flexibility index (Phi) is 2.34. The van der Waals surface area contributed by atoms with E-state index >= 15 is 0 Å². The van der Waals surface area contributed by atoms with E-state index in [0.717, 1.165) is 18.8 Å². The molecule has 0 unspecified atom stereocenters. The minimum atomic E-state index is 0.0810. The molecule has 1 aromatic rings. The average molecular weight is 208 g/mol. The maximum Gasteiger partial charge on any atom is 0.0880 e. The standard InChI is InChI=1S/C11H20N4/c1-10(2,3)9-6-15(14-13-9)8-11(7-12)4-5-11/h6H,4-5,7-8,12H2,1-3H3. The Bertz CT molecular complexity index is 344. The second-order valence-corrected chi connectivity index (χ2v) is 5.76. The average Bonchev–Trinajstić information content (AvgIpc) is 2.73. The topological polar surface area (TPSA) is 56.7 Å². The third-order valence-corrected chi connectivity index (χ3v) is 3.19. The van der Waals surface area contributed by atoms with Gasteiger partial charge in [0.15, 0.2) is 0 Å². The summed E-state index contributed by atoms with van der Waals surface area (Å²) in [6.07, 6.45) is 4.51. The predicted molar refractivity (Wildman–Crippen MR) is 59.4 cm³/mol. The van der Waals surface area contributed by atoms with Crippen molar-refractivity contribution >= 4 is 0 Å². The molecule has 0 amide bonds. The van der Waals surface area contributed by atoms with Gasteiger partial charge in [0.05, 0.1) is 5.69 Å². The predicted octanol–water partition coefficient (Wildman–Crippen LogP) is 1.31. The molecule has 1 heterocycles. The van der Waals surface area contributed by atoms with Crippen molar-refractivity contribution in [1.29, 1.82) is 0 Å². The van der Waals surface area contributed by atoms with E-state index in [4.69, 9.17) is 5.73 Å². The summed E-state index contributed by atoms with van der Waals surface area (Å²) in [5.41, 5.74) is 7.20. The van der Waals surface area contributed by atoms with Crippen molar-refractivity contribution in [2.45, 2.75) is 45.6 Å². The van der Waals surface area contributed by atoms with E-state index < -0.39 is 0 Å². The summed E-state index contributed by atoms with van der Waals surface area (Å²) < 4.78 is 1.94. The van der Waals surface area contributed by atoms with Gasteiger partial charge in [-0.2, -0.15) is 0 Å². The van der Waals surface area contributed by atoms with Crippen LogP contribution in [0.5, 0.6) is 0 Å². The van der Waals surface area contributed by atoms with Crippen LogP contribution in [0.2, 0.25) is 0 Å². The van der Waals surface area contributed by atoms with Crippen molar-refractivity contribution in [3.63, 3.8) is 0 Å². The first-order chi connectivity index (χ1) is 6.95. The lowest BCUT2D eigenvalue weighted by molar-refractivity contribution is 0.400. The molecule has 1 saturated carbocycles. The number of hydrogen-bond acceptors (Lipinski definition) is 3. The maximum atomic E-state index is 5.75. The first kappa shape index (κ1) is 10.6. The van der Waals surface area contributed by atoms with Gasteiger partial charge in [0.2, 0.25) is 0 Å². The minimum Gasteiger partial charge on any atom is -0.330 e. The number of nitrogens with two attached hydrogens (primary N) is 1. The lowest BCUT2D eigenvalue weighted by atomic mass is 9.93. The van der Waals surface area contributed by atoms with Crippen LogP contribution in [0.15, 0.2) is 6.20 Å². The van der Waals surface area contributed by atoms with Crippen molar-refractivity contribution < 1.29 is 0 Å². The zero-order valence-electron chi connectivity index (χ0n) is 9.82. The lowest BCUT2D eigenvalue weighted by Crippen LogP contribution is -2.21. The van der Waals surface area contributed by atoms with Crippen LogP contribution in [0, 0.1) is 5.41 Å². The summed E-state index contributed by atoms with van der Waals surface area (Å²) in [7, 11) is 0. The molecule has 0 bridgehead atoms. The van der Waals surface area contributed by atoms with Crippen molar-refractivity contribution in [2.24, 2.45) is 11.1 Å². The van der Waals surface area contributed by atoms with Crippen LogP contribution in [0.3, 0.4) is 0 Å². The van der Waals surface area contributed by atoms with Gasteiger partial charge >= 0.3 is 0 Å². The number of nitrogens with zero attached hydrogens (tertiary/aromatic N) is 3. The number of hydrogen-bond donors (Lipinski definition) is 1. The van der Waals surface area contributed by atoms with Gasteiger partial charge in [0.1, 0.15) is 0 Å². The number of aromatic nitrogens is 3. The van der Waals surface area contributed by atoms with Crippen molar-refractivity contribution in [3.05, 3.63) is 11.9 Å². The van der Waals surface area contributed by atoms with Crippen LogP contribution < -0.4 is 5.73 Å². The van der Waals surface area contributed by atoms with Crippen molar-refractivity contribution in [3.8, 4) is 0 Å². The zero-order valence-corrected chi connectivity index (χ0v) is 9.82. The highest BCUT2D eigenvalue weighted by Crippen LogP contribution is 2.45. The fourth-order valence-electron chi connectivity index (χ4n) is 1.67. The molecule has 1 aliphatic rings. The van der Waals surface area contributed by atoms with Gasteiger partial charge in [-0.3, -0.25) is 4.68 Å². The van der Waals surface area contributed by atoms with Gasteiger partial charge in [0, 0.05) is 23.6 Å². The highest BCUT2D eigenvalue weighted by atomic mass is 15.4. The summed E-state index contributed by atoms with van der Waals surface area (Å²) in [5.74, 6) is 0. The summed E-state index contributed by atoms with van der Waals surface area (Å²) in [4.78, 5) is 0. The summed E-state index contributed by atoms with van der Waals surface area (Å²) >= 11 is 0. The first-order valence-corrected chi connectivity index (χ1v) is 5.56. The highest BCUT2D eigenvalue weighted by molar-refractivity contribution is 5.07. The molecule has 0 spiro atoms. The molecular formula is C11H20N4. The molecule has 2 N–H and O–H groups in total. The Morgan fingerprint density at radius 3 is 2.53 bits per heavy atom. The van der Waals surface area contributed by atoms with Gasteiger partial charge in [-0.1, -0.05) is 26.0 Å². The molecule has 84 valence electrons. The molecule has 0 atom stereocenters. The fourth-order valence-corrected chi connectivity index (χ4v) is 1.67. The van der Waals surface area contributed by atoms with Crippen LogP contribution in [0.4, 0.5) is 0 Å². The molecule has 0 saturated heterocycles. The molecule has 15 heavy (non-hydrogen) atoms. The molecule has 0 aromatic carbocycles. The zero-order chi connectivity index (χ0) is 11.1. The smallest absolute Gasteiger partial charge is 0.0880 e. The normalized spacial score (nSPS) is 19.2. The number of rotatable bonds is 3. The Balaban J connectivity index is 2.08. The monoisotopic (exact) mass is 208 g/mol. The van der Waals surface area contributed by atoms with E-state index in [1.807, 2.05) is 4.68 Å². The largest absolute Gasteiger partial charge is 0.330 e. The molecule has 4 nitrogen and oxygen atoms in total. The highest BCUT2D eigenvalue weighted by Gasteiger charge is 2.41. The van der Waals surface area contributed by atoms with E-state index in [1.54, 1.807) is 0 Å². The second kappa shape index (κ2) is 3.30. The van der Waals surface area contributed by atoms with Crippen molar-refractivity contribution in [1.82, 2.24) is 15.0 Å². The summed E-state index contributed by atoms with van der Waals surface area (Å²) in [5, 5.41) is 8.37. The molecule has 1 aromatic heterocycles. The quantitative estimate of drug-likeness (QED) is 0.815. The van der Waals surface area contributed by atoms with Crippen LogP contribution in [0.1, 0.15) is 39.3 Å².